The Kier molecular flexibility index (Phi) is 9.23. The summed E-state index contributed by atoms with van der Waals surface area (Å²) in [6, 6.07) is 3.91. The molecule has 26 heavy (non-hydrogen) atoms. The fourth-order valence-corrected chi connectivity index (χ4v) is 3.21. The molecule has 1 saturated carbocycles. The number of amides is 1. The van der Waals surface area contributed by atoms with Crippen LogP contribution in [0.1, 0.15) is 38.2 Å². The molecule has 0 heterocycles. The van der Waals surface area contributed by atoms with Crippen molar-refractivity contribution in [2.45, 2.75) is 38.6 Å². The van der Waals surface area contributed by atoms with Gasteiger partial charge in [0.1, 0.15) is 0 Å². The number of carbonyl (C=O) groups excluding carboxylic acids is 1. The van der Waals surface area contributed by atoms with Gasteiger partial charge in [-0.15, -0.1) is 12.4 Å². The van der Waals surface area contributed by atoms with Crippen LogP contribution < -0.4 is 0 Å². The van der Waals surface area contributed by atoms with Gasteiger partial charge >= 0.3 is 0 Å². The monoisotopic (exact) mass is 386 g/mol. The number of carbonyl (C=O) groups is 1. The van der Waals surface area contributed by atoms with Gasteiger partial charge in [0.15, 0.2) is 11.6 Å². The lowest BCUT2D eigenvalue weighted by molar-refractivity contribution is -0.129. The zero-order chi connectivity index (χ0) is 18.4. The molecule has 0 aromatic heterocycles. The molecule has 1 aliphatic carbocycles. The first-order chi connectivity index (χ1) is 11.9. The van der Waals surface area contributed by atoms with E-state index in [1.165, 1.54) is 12.1 Å². The Morgan fingerprint density at radius 2 is 1.77 bits per heavy atom. The molecular formula is C20H29ClF2N2O. The number of hydrogen-bond donors (Lipinski definition) is 0. The summed E-state index contributed by atoms with van der Waals surface area (Å²) in [4.78, 5) is 16.7. The minimum absolute atomic E-state index is 0. The SMILES string of the molecule is CN(C)CCN(C(=O)/C=C/c1ccc(F)c(F)c1)[C@H]1CC[C@H](C)CC1.Cl. The van der Waals surface area contributed by atoms with Gasteiger partial charge in [0, 0.05) is 25.2 Å². The summed E-state index contributed by atoms with van der Waals surface area (Å²) < 4.78 is 26.3. The summed E-state index contributed by atoms with van der Waals surface area (Å²) >= 11 is 0. The largest absolute Gasteiger partial charge is 0.335 e. The van der Waals surface area contributed by atoms with Gasteiger partial charge in [-0.05, 0) is 69.5 Å². The lowest BCUT2D eigenvalue weighted by atomic mass is 9.86. The Hall–Kier alpha value is -1.46. The Labute approximate surface area is 161 Å². The van der Waals surface area contributed by atoms with E-state index in [-0.39, 0.29) is 24.4 Å². The van der Waals surface area contributed by atoms with Crippen LogP contribution in [0.5, 0.6) is 0 Å². The van der Waals surface area contributed by atoms with Crippen LogP contribution in [0.25, 0.3) is 6.08 Å². The molecule has 0 bridgehead atoms. The number of benzene rings is 1. The highest BCUT2D eigenvalue weighted by atomic mass is 35.5. The topological polar surface area (TPSA) is 23.6 Å². The fraction of sp³-hybridized carbons (Fsp3) is 0.550. The molecule has 6 heteroatoms. The highest BCUT2D eigenvalue weighted by Crippen LogP contribution is 2.27. The average molecular weight is 387 g/mol. The molecule has 1 aromatic rings. The van der Waals surface area contributed by atoms with Gasteiger partial charge in [0.25, 0.3) is 0 Å². The number of nitrogens with zero attached hydrogens (tertiary/aromatic N) is 2. The van der Waals surface area contributed by atoms with Gasteiger partial charge in [-0.3, -0.25) is 4.79 Å². The molecule has 1 amide bonds. The highest BCUT2D eigenvalue weighted by Gasteiger charge is 2.26. The predicted octanol–water partition coefficient (Wildman–Crippen LogP) is 4.37. The first-order valence-corrected chi connectivity index (χ1v) is 8.95. The van der Waals surface area contributed by atoms with Crippen molar-refractivity contribution < 1.29 is 13.6 Å². The van der Waals surface area contributed by atoms with E-state index >= 15 is 0 Å². The third-order valence-corrected chi connectivity index (χ3v) is 4.86. The maximum atomic E-state index is 13.3. The Balaban J connectivity index is 0.00000338. The maximum Gasteiger partial charge on any atom is 0.246 e. The van der Waals surface area contributed by atoms with Crippen molar-refractivity contribution in [3.63, 3.8) is 0 Å². The Morgan fingerprint density at radius 3 is 2.35 bits per heavy atom. The molecule has 146 valence electrons. The molecule has 1 fully saturated rings. The second-order valence-corrected chi connectivity index (χ2v) is 7.26. The van der Waals surface area contributed by atoms with Crippen LogP contribution in [-0.4, -0.2) is 48.9 Å². The first-order valence-electron chi connectivity index (χ1n) is 8.95. The first kappa shape index (κ1) is 22.6. The smallest absolute Gasteiger partial charge is 0.246 e. The molecule has 0 unspecified atom stereocenters. The molecule has 0 radical (unpaired) electrons. The van der Waals surface area contributed by atoms with E-state index in [2.05, 4.69) is 11.8 Å². The van der Waals surface area contributed by atoms with Crippen molar-refractivity contribution in [2.24, 2.45) is 5.92 Å². The van der Waals surface area contributed by atoms with Crippen molar-refractivity contribution >= 4 is 24.4 Å². The van der Waals surface area contributed by atoms with E-state index < -0.39 is 11.6 Å². The zero-order valence-corrected chi connectivity index (χ0v) is 16.6. The molecule has 0 aliphatic heterocycles. The van der Waals surface area contributed by atoms with Crippen LogP contribution in [0.4, 0.5) is 8.78 Å². The number of rotatable bonds is 6. The lowest BCUT2D eigenvalue weighted by Gasteiger charge is -2.36. The second kappa shape index (κ2) is 10.6. The number of halogens is 3. The van der Waals surface area contributed by atoms with Gasteiger partial charge in [-0.1, -0.05) is 13.0 Å². The van der Waals surface area contributed by atoms with E-state index in [9.17, 15) is 13.6 Å². The van der Waals surface area contributed by atoms with Crippen molar-refractivity contribution in [3.8, 4) is 0 Å². The van der Waals surface area contributed by atoms with Crippen LogP contribution in [-0.2, 0) is 4.79 Å². The van der Waals surface area contributed by atoms with Crippen molar-refractivity contribution in [2.75, 3.05) is 27.2 Å². The third kappa shape index (κ3) is 6.69. The number of hydrogen-bond acceptors (Lipinski definition) is 2. The van der Waals surface area contributed by atoms with E-state index in [0.29, 0.717) is 12.1 Å². The van der Waals surface area contributed by atoms with Gasteiger partial charge in [-0.25, -0.2) is 8.78 Å². The molecule has 2 rings (SSSR count). The van der Waals surface area contributed by atoms with E-state index in [1.807, 2.05) is 19.0 Å². The van der Waals surface area contributed by atoms with E-state index in [4.69, 9.17) is 0 Å². The molecule has 1 aromatic carbocycles. The van der Waals surface area contributed by atoms with Crippen LogP contribution >= 0.6 is 12.4 Å². The Morgan fingerprint density at radius 1 is 1.12 bits per heavy atom. The fourth-order valence-electron chi connectivity index (χ4n) is 3.21. The number of likely N-dealkylation sites (N-methyl/N-ethyl adjacent to an activating group) is 1. The molecule has 0 atom stereocenters. The van der Waals surface area contributed by atoms with Crippen molar-refractivity contribution in [1.82, 2.24) is 9.80 Å². The average Bonchev–Trinajstić information content (AvgIpc) is 2.57. The molecular weight excluding hydrogens is 358 g/mol. The third-order valence-electron chi connectivity index (χ3n) is 4.86. The molecule has 0 saturated heterocycles. The van der Waals surface area contributed by atoms with Gasteiger partial charge in [0.2, 0.25) is 5.91 Å². The quantitative estimate of drug-likeness (QED) is 0.678. The molecule has 0 spiro atoms. The lowest BCUT2D eigenvalue weighted by Crippen LogP contribution is -2.44. The predicted molar refractivity (Wildman–Crippen MR) is 104 cm³/mol. The maximum absolute atomic E-state index is 13.3. The van der Waals surface area contributed by atoms with E-state index in [1.54, 1.807) is 6.08 Å². The summed E-state index contributed by atoms with van der Waals surface area (Å²) in [5.41, 5.74) is 0.483. The van der Waals surface area contributed by atoms with Crippen LogP contribution in [0.15, 0.2) is 24.3 Å². The highest BCUT2D eigenvalue weighted by molar-refractivity contribution is 5.92. The summed E-state index contributed by atoms with van der Waals surface area (Å²) in [7, 11) is 3.98. The molecule has 3 nitrogen and oxygen atoms in total. The van der Waals surface area contributed by atoms with Gasteiger partial charge in [0.05, 0.1) is 0 Å². The molecule has 1 aliphatic rings. The minimum Gasteiger partial charge on any atom is -0.335 e. The summed E-state index contributed by atoms with van der Waals surface area (Å²) in [6.07, 6.45) is 7.37. The molecule has 0 N–H and O–H groups in total. The van der Waals surface area contributed by atoms with Gasteiger partial charge in [-0.2, -0.15) is 0 Å². The van der Waals surface area contributed by atoms with Crippen LogP contribution in [0.3, 0.4) is 0 Å². The van der Waals surface area contributed by atoms with Crippen molar-refractivity contribution in [1.29, 1.82) is 0 Å². The summed E-state index contributed by atoms with van der Waals surface area (Å²) in [5.74, 6) is -1.13. The minimum atomic E-state index is -0.902. The van der Waals surface area contributed by atoms with Gasteiger partial charge < -0.3 is 9.80 Å². The summed E-state index contributed by atoms with van der Waals surface area (Å²) in [5, 5.41) is 0. The second-order valence-electron chi connectivity index (χ2n) is 7.26. The van der Waals surface area contributed by atoms with Crippen LogP contribution in [0.2, 0.25) is 0 Å². The zero-order valence-electron chi connectivity index (χ0n) is 15.8. The van der Waals surface area contributed by atoms with E-state index in [0.717, 1.165) is 50.3 Å². The van der Waals surface area contributed by atoms with Crippen molar-refractivity contribution in [3.05, 3.63) is 41.5 Å². The van der Waals surface area contributed by atoms with Crippen LogP contribution in [0, 0.1) is 17.6 Å². The normalized spacial score (nSPS) is 20.2. The Bertz CT molecular complexity index is 614. The standard InChI is InChI=1S/C20H28F2N2O.ClH/c1-15-4-8-17(9-5-15)24(13-12-23(2)3)20(25)11-7-16-6-10-18(21)19(22)14-16;/h6-7,10-11,14-15,17H,4-5,8-9,12-13H2,1-3H3;1H/b11-7+;/t15-,17-;. The summed E-state index contributed by atoms with van der Waals surface area (Å²) in [6.45, 7) is 3.73.